The first-order chi connectivity index (χ1) is 8.76. The van der Waals surface area contributed by atoms with Crippen LogP contribution in [-0.4, -0.2) is 40.5 Å². The van der Waals surface area contributed by atoms with E-state index in [-0.39, 0.29) is 0 Å². The van der Waals surface area contributed by atoms with E-state index in [2.05, 4.69) is 11.4 Å². The van der Waals surface area contributed by atoms with Gasteiger partial charge in [0.2, 0.25) is 0 Å². The Kier molecular flexibility index (Phi) is 8.01. The minimum Gasteiger partial charge on any atom is -0.384 e. The Morgan fingerprint density at radius 1 is 1.28 bits per heavy atom. The molecule has 1 N–H and O–H groups in total. The van der Waals surface area contributed by atoms with Crippen molar-refractivity contribution in [1.82, 2.24) is 5.32 Å². The first-order valence-corrected chi connectivity index (χ1v) is 6.57. The fourth-order valence-electron chi connectivity index (χ4n) is 1.90. The Morgan fingerprint density at radius 3 is 2.78 bits per heavy atom. The third-order valence-corrected chi connectivity index (χ3v) is 2.97. The van der Waals surface area contributed by atoms with Crippen molar-refractivity contribution in [1.29, 1.82) is 0 Å². The number of hydrogen-bond acceptors (Lipinski definition) is 3. The van der Waals surface area contributed by atoms with Crippen molar-refractivity contribution >= 4 is 11.6 Å². The van der Waals surface area contributed by atoms with Crippen LogP contribution in [0.5, 0.6) is 0 Å². The smallest absolute Gasteiger partial charge is 0.0587 e. The second-order valence-electron chi connectivity index (χ2n) is 4.35. The Labute approximate surface area is 114 Å². The molecular formula is C14H22ClNO2. The maximum atomic E-state index is 5.99. The minimum atomic E-state index is 0.449. The zero-order valence-corrected chi connectivity index (χ0v) is 11.9. The van der Waals surface area contributed by atoms with Gasteiger partial charge in [0.1, 0.15) is 0 Å². The zero-order valence-electron chi connectivity index (χ0n) is 11.1. The van der Waals surface area contributed by atoms with Gasteiger partial charge in [-0.05, 0) is 30.0 Å². The van der Waals surface area contributed by atoms with Crippen molar-refractivity contribution < 1.29 is 9.47 Å². The van der Waals surface area contributed by atoms with Crippen LogP contribution in [0.15, 0.2) is 24.3 Å². The van der Waals surface area contributed by atoms with Crippen molar-refractivity contribution in [3.63, 3.8) is 0 Å². The summed E-state index contributed by atoms with van der Waals surface area (Å²) in [5.41, 5.74) is 1.25. The van der Waals surface area contributed by atoms with E-state index in [0.29, 0.717) is 5.92 Å². The van der Waals surface area contributed by atoms with Gasteiger partial charge in [-0.3, -0.25) is 0 Å². The van der Waals surface area contributed by atoms with E-state index in [1.165, 1.54) is 5.56 Å². The van der Waals surface area contributed by atoms with Gasteiger partial charge in [0, 0.05) is 32.3 Å². The molecule has 0 spiro atoms. The molecular weight excluding hydrogens is 250 g/mol. The van der Waals surface area contributed by atoms with Gasteiger partial charge < -0.3 is 14.8 Å². The maximum absolute atomic E-state index is 5.99. The van der Waals surface area contributed by atoms with E-state index >= 15 is 0 Å². The predicted octanol–water partition coefficient (Wildman–Crippen LogP) is 2.38. The molecule has 102 valence electrons. The van der Waals surface area contributed by atoms with Gasteiger partial charge >= 0.3 is 0 Å². The van der Waals surface area contributed by atoms with E-state index < -0.39 is 0 Å². The highest BCUT2D eigenvalue weighted by molar-refractivity contribution is 6.30. The summed E-state index contributed by atoms with van der Waals surface area (Å²) >= 11 is 5.99. The molecule has 0 bridgehead atoms. The first kappa shape index (κ1) is 15.4. The molecule has 18 heavy (non-hydrogen) atoms. The van der Waals surface area contributed by atoms with Gasteiger partial charge in [0.15, 0.2) is 0 Å². The van der Waals surface area contributed by atoms with Gasteiger partial charge in [0.25, 0.3) is 0 Å². The third-order valence-electron chi connectivity index (χ3n) is 2.73. The van der Waals surface area contributed by atoms with E-state index in [1.807, 2.05) is 18.2 Å². The number of ether oxygens (including phenoxy) is 2. The Hall–Kier alpha value is -0.610. The Balaban J connectivity index is 2.41. The van der Waals surface area contributed by atoms with E-state index in [1.54, 1.807) is 14.2 Å². The van der Waals surface area contributed by atoms with E-state index in [4.69, 9.17) is 21.1 Å². The van der Waals surface area contributed by atoms with Crippen molar-refractivity contribution in [2.45, 2.75) is 6.42 Å². The van der Waals surface area contributed by atoms with Crippen LogP contribution in [0, 0.1) is 5.92 Å². The average Bonchev–Trinajstić information content (AvgIpc) is 2.35. The van der Waals surface area contributed by atoms with Crippen LogP contribution in [0.25, 0.3) is 0 Å². The number of halogens is 1. The standard InChI is InChI=1S/C14H22ClNO2/c1-17-7-6-16-10-13(11-18-2)8-12-4-3-5-14(15)9-12/h3-5,9,13,16H,6-8,10-11H2,1-2H3. The Morgan fingerprint density at radius 2 is 2.11 bits per heavy atom. The molecule has 1 aromatic carbocycles. The third kappa shape index (κ3) is 6.36. The number of nitrogens with one attached hydrogen (secondary N) is 1. The summed E-state index contributed by atoms with van der Waals surface area (Å²) in [5.74, 6) is 0.449. The van der Waals surface area contributed by atoms with E-state index in [9.17, 15) is 0 Å². The topological polar surface area (TPSA) is 30.5 Å². The summed E-state index contributed by atoms with van der Waals surface area (Å²) < 4.78 is 10.3. The highest BCUT2D eigenvalue weighted by Crippen LogP contribution is 2.14. The first-order valence-electron chi connectivity index (χ1n) is 6.19. The van der Waals surface area contributed by atoms with Crippen molar-refractivity contribution in [3.8, 4) is 0 Å². The van der Waals surface area contributed by atoms with Crippen molar-refractivity contribution in [2.24, 2.45) is 5.92 Å². The summed E-state index contributed by atoms with van der Waals surface area (Å²) in [4.78, 5) is 0. The summed E-state index contributed by atoms with van der Waals surface area (Å²) in [5, 5.41) is 4.16. The molecule has 0 fully saturated rings. The zero-order chi connectivity index (χ0) is 13.2. The van der Waals surface area contributed by atoms with Crippen molar-refractivity contribution in [3.05, 3.63) is 34.9 Å². The normalized spacial score (nSPS) is 12.6. The second kappa shape index (κ2) is 9.34. The largest absolute Gasteiger partial charge is 0.384 e. The summed E-state index contributed by atoms with van der Waals surface area (Å²) in [6.07, 6.45) is 0.967. The molecule has 0 saturated carbocycles. The second-order valence-corrected chi connectivity index (χ2v) is 4.79. The molecule has 0 aliphatic carbocycles. The van der Waals surface area contributed by atoms with Crippen LogP contribution in [0.3, 0.4) is 0 Å². The number of rotatable bonds is 9. The minimum absolute atomic E-state index is 0.449. The summed E-state index contributed by atoms with van der Waals surface area (Å²) in [7, 11) is 3.44. The molecule has 1 rings (SSSR count). The molecule has 0 aromatic heterocycles. The lowest BCUT2D eigenvalue weighted by molar-refractivity contribution is 0.147. The molecule has 1 unspecified atom stereocenters. The maximum Gasteiger partial charge on any atom is 0.0587 e. The van der Waals surface area contributed by atoms with Crippen LogP contribution in [-0.2, 0) is 15.9 Å². The quantitative estimate of drug-likeness (QED) is 0.700. The van der Waals surface area contributed by atoms with Crippen LogP contribution < -0.4 is 5.32 Å². The molecule has 0 aliphatic rings. The molecule has 4 heteroatoms. The molecule has 3 nitrogen and oxygen atoms in total. The molecule has 0 saturated heterocycles. The molecule has 0 radical (unpaired) electrons. The highest BCUT2D eigenvalue weighted by atomic mass is 35.5. The van der Waals surface area contributed by atoms with Gasteiger partial charge in [-0.25, -0.2) is 0 Å². The molecule has 0 heterocycles. The lowest BCUT2D eigenvalue weighted by Crippen LogP contribution is -2.29. The number of benzene rings is 1. The molecule has 1 aromatic rings. The monoisotopic (exact) mass is 271 g/mol. The lowest BCUT2D eigenvalue weighted by Gasteiger charge is -2.17. The van der Waals surface area contributed by atoms with Crippen molar-refractivity contribution in [2.75, 3.05) is 40.5 Å². The fourth-order valence-corrected chi connectivity index (χ4v) is 2.12. The lowest BCUT2D eigenvalue weighted by atomic mass is 10.00. The Bertz CT molecular complexity index is 333. The van der Waals surface area contributed by atoms with Gasteiger partial charge in [-0.2, -0.15) is 0 Å². The van der Waals surface area contributed by atoms with E-state index in [0.717, 1.165) is 37.7 Å². The molecule has 0 amide bonds. The van der Waals surface area contributed by atoms with Crippen LogP contribution in [0.1, 0.15) is 5.56 Å². The number of methoxy groups -OCH3 is 2. The fraction of sp³-hybridized carbons (Fsp3) is 0.571. The average molecular weight is 272 g/mol. The number of hydrogen-bond donors (Lipinski definition) is 1. The van der Waals surface area contributed by atoms with Crippen LogP contribution in [0.4, 0.5) is 0 Å². The van der Waals surface area contributed by atoms with Gasteiger partial charge in [0.05, 0.1) is 13.2 Å². The molecule has 0 aliphatic heterocycles. The predicted molar refractivity (Wildman–Crippen MR) is 75.3 cm³/mol. The van der Waals surface area contributed by atoms with Crippen LogP contribution in [0.2, 0.25) is 5.02 Å². The summed E-state index contributed by atoms with van der Waals surface area (Å²) in [6.45, 7) is 3.26. The summed E-state index contributed by atoms with van der Waals surface area (Å²) in [6, 6.07) is 8.00. The van der Waals surface area contributed by atoms with Crippen LogP contribution >= 0.6 is 11.6 Å². The van der Waals surface area contributed by atoms with Gasteiger partial charge in [-0.1, -0.05) is 23.7 Å². The molecule has 1 atom stereocenters. The van der Waals surface area contributed by atoms with Gasteiger partial charge in [-0.15, -0.1) is 0 Å². The highest BCUT2D eigenvalue weighted by Gasteiger charge is 2.09. The SMILES string of the molecule is COCCNCC(COC)Cc1cccc(Cl)c1.